The third-order valence-corrected chi connectivity index (χ3v) is 3.88. The van der Waals surface area contributed by atoms with Crippen molar-refractivity contribution < 1.29 is 9.90 Å². The van der Waals surface area contributed by atoms with Crippen LogP contribution in [0.2, 0.25) is 0 Å². The molecule has 2 unspecified atom stereocenters. The van der Waals surface area contributed by atoms with Crippen molar-refractivity contribution in [3.05, 3.63) is 35.9 Å². The third-order valence-electron chi connectivity index (χ3n) is 3.88. The van der Waals surface area contributed by atoms with Gasteiger partial charge in [0.2, 0.25) is 0 Å². The van der Waals surface area contributed by atoms with Gasteiger partial charge in [-0.1, -0.05) is 37.3 Å². The van der Waals surface area contributed by atoms with Gasteiger partial charge >= 0.3 is 5.97 Å². The first kappa shape index (κ1) is 13.1. The van der Waals surface area contributed by atoms with Gasteiger partial charge in [0.05, 0.1) is 6.54 Å². The van der Waals surface area contributed by atoms with Crippen LogP contribution in [-0.2, 0) is 4.79 Å². The number of carbonyl (C=O) groups is 1. The van der Waals surface area contributed by atoms with E-state index in [0.29, 0.717) is 12.0 Å². The normalized spacial score (nSPS) is 21.9. The minimum absolute atomic E-state index is 0.175. The maximum Gasteiger partial charge on any atom is 0.317 e. The molecule has 98 valence electrons. The third kappa shape index (κ3) is 2.91. The Morgan fingerprint density at radius 2 is 2.17 bits per heavy atom. The monoisotopic (exact) mass is 247 g/mol. The topological polar surface area (TPSA) is 40.5 Å². The van der Waals surface area contributed by atoms with Crippen LogP contribution in [0.4, 0.5) is 0 Å². The zero-order chi connectivity index (χ0) is 13.0. The summed E-state index contributed by atoms with van der Waals surface area (Å²) in [4.78, 5) is 13.0. The minimum Gasteiger partial charge on any atom is -0.480 e. The molecule has 1 heterocycles. The zero-order valence-electron chi connectivity index (χ0n) is 10.9. The molecule has 0 amide bonds. The highest BCUT2D eigenvalue weighted by molar-refractivity contribution is 5.69. The molecule has 1 aromatic carbocycles. The summed E-state index contributed by atoms with van der Waals surface area (Å²) in [7, 11) is 0. The van der Waals surface area contributed by atoms with Crippen LogP contribution in [0.5, 0.6) is 0 Å². The molecule has 0 radical (unpaired) electrons. The highest BCUT2D eigenvalue weighted by Gasteiger charge is 2.32. The van der Waals surface area contributed by atoms with Gasteiger partial charge in [0.1, 0.15) is 0 Å². The molecule has 3 nitrogen and oxygen atoms in total. The molecule has 0 bridgehead atoms. The predicted molar refractivity (Wildman–Crippen MR) is 71.7 cm³/mol. The van der Waals surface area contributed by atoms with E-state index in [2.05, 4.69) is 36.1 Å². The molecule has 3 heteroatoms. The van der Waals surface area contributed by atoms with Crippen molar-refractivity contribution in [2.75, 3.05) is 13.1 Å². The van der Waals surface area contributed by atoms with Crippen molar-refractivity contribution in [1.82, 2.24) is 4.90 Å². The summed E-state index contributed by atoms with van der Waals surface area (Å²) in [6.45, 7) is 3.28. The highest BCUT2D eigenvalue weighted by Crippen LogP contribution is 2.33. The fraction of sp³-hybridized carbons (Fsp3) is 0.533. The molecule has 1 N–H and O–H groups in total. The van der Waals surface area contributed by atoms with Crippen LogP contribution in [0.1, 0.15) is 37.7 Å². The molecule has 1 aliphatic rings. The van der Waals surface area contributed by atoms with Crippen LogP contribution in [-0.4, -0.2) is 35.1 Å². The Morgan fingerprint density at radius 1 is 1.44 bits per heavy atom. The van der Waals surface area contributed by atoms with Gasteiger partial charge in [-0.3, -0.25) is 9.69 Å². The van der Waals surface area contributed by atoms with E-state index >= 15 is 0 Å². The molecule has 2 rings (SSSR count). The van der Waals surface area contributed by atoms with E-state index in [4.69, 9.17) is 5.11 Å². The van der Waals surface area contributed by atoms with Crippen molar-refractivity contribution in [2.24, 2.45) is 0 Å². The lowest BCUT2D eigenvalue weighted by Crippen LogP contribution is -2.37. The average Bonchev–Trinajstić information content (AvgIpc) is 2.79. The molecule has 1 saturated heterocycles. The summed E-state index contributed by atoms with van der Waals surface area (Å²) in [5.74, 6) is -0.266. The van der Waals surface area contributed by atoms with Gasteiger partial charge in [-0.15, -0.1) is 0 Å². The van der Waals surface area contributed by atoms with Gasteiger partial charge in [-0.2, -0.15) is 0 Å². The maximum absolute atomic E-state index is 10.9. The molecular formula is C15H21NO2. The Kier molecular flexibility index (Phi) is 4.37. The number of hydrogen-bond acceptors (Lipinski definition) is 2. The molecule has 18 heavy (non-hydrogen) atoms. The van der Waals surface area contributed by atoms with E-state index < -0.39 is 5.97 Å². The molecule has 1 aromatic rings. The van der Waals surface area contributed by atoms with E-state index in [9.17, 15) is 4.79 Å². The van der Waals surface area contributed by atoms with E-state index in [1.54, 1.807) is 0 Å². The van der Waals surface area contributed by atoms with Crippen molar-refractivity contribution >= 4 is 5.97 Å². The second-order valence-electron chi connectivity index (χ2n) is 5.00. The van der Waals surface area contributed by atoms with Gasteiger partial charge in [0.25, 0.3) is 0 Å². The second kappa shape index (κ2) is 6.01. The number of rotatable bonds is 5. The molecule has 1 aliphatic heterocycles. The van der Waals surface area contributed by atoms with E-state index in [-0.39, 0.29) is 6.54 Å². The van der Waals surface area contributed by atoms with Crippen molar-refractivity contribution in [1.29, 1.82) is 0 Å². The first-order valence-electron chi connectivity index (χ1n) is 6.73. The number of carboxylic acids is 1. The van der Waals surface area contributed by atoms with E-state index in [0.717, 1.165) is 25.8 Å². The Hall–Kier alpha value is -1.35. The largest absolute Gasteiger partial charge is 0.480 e. The van der Waals surface area contributed by atoms with Crippen LogP contribution in [0, 0.1) is 0 Å². The summed E-state index contributed by atoms with van der Waals surface area (Å²) in [5, 5.41) is 8.98. The molecule has 0 spiro atoms. The second-order valence-corrected chi connectivity index (χ2v) is 5.00. The number of aliphatic carboxylic acids is 1. The number of hydrogen-bond donors (Lipinski definition) is 1. The lowest BCUT2D eigenvalue weighted by Gasteiger charge is -2.30. The van der Waals surface area contributed by atoms with Crippen molar-refractivity contribution in [3.8, 4) is 0 Å². The fourth-order valence-electron chi connectivity index (χ4n) is 3.11. The Labute approximate surface area is 108 Å². The maximum atomic E-state index is 10.9. The summed E-state index contributed by atoms with van der Waals surface area (Å²) < 4.78 is 0. The lowest BCUT2D eigenvalue weighted by atomic mass is 9.88. The molecular weight excluding hydrogens is 226 g/mol. The van der Waals surface area contributed by atoms with Crippen molar-refractivity contribution in [2.45, 2.75) is 38.1 Å². The summed E-state index contributed by atoms with van der Waals surface area (Å²) in [5.41, 5.74) is 1.34. The Bertz CT molecular complexity index is 391. The number of carboxylic acid groups (broad SMARTS) is 1. The van der Waals surface area contributed by atoms with Crippen LogP contribution >= 0.6 is 0 Å². The van der Waals surface area contributed by atoms with E-state index in [1.165, 1.54) is 5.56 Å². The minimum atomic E-state index is -0.718. The summed E-state index contributed by atoms with van der Waals surface area (Å²) >= 11 is 0. The van der Waals surface area contributed by atoms with Gasteiger partial charge in [0, 0.05) is 6.04 Å². The molecule has 0 aromatic heterocycles. The van der Waals surface area contributed by atoms with Gasteiger partial charge in [-0.05, 0) is 37.3 Å². The Morgan fingerprint density at radius 3 is 2.78 bits per heavy atom. The SMILES string of the molecule is CCC(c1ccccc1)C1CCCN1CC(=O)O. The van der Waals surface area contributed by atoms with Crippen LogP contribution in [0.25, 0.3) is 0 Å². The average molecular weight is 247 g/mol. The first-order valence-corrected chi connectivity index (χ1v) is 6.73. The van der Waals surface area contributed by atoms with E-state index in [1.807, 2.05) is 6.07 Å². The quantitative estimate of drug-likeness (QED) is 0.869. The fourth-order valence-corrected chi connectivity index (χ4v) is 3.11. The molecule has 0 aliphatic carbocycles. The van der Waals surface area contributed by atoms with Crippen LogP contribution in [0.15, 0.2) is 30.3 Å². The number of likely N-dealkylation sites (tertiary alicyclic amines) is 1. The molecule has 2 atom stereocenters. The van der Waals surface area contributed by atoms with Crippen LogP contribution in [0.3, 0.4) is 0 Å². The Balaban J connectivity index is 2.14. The van der Waals surface area contributed by atoms with Crippen molar-refractivity contribution in [3.63, 3.8) is 0 Å². The standard InChI is InChI=1S/C15H21NO2/c1-2-13(12-7-4-3-5-8-12)14-9-6-10-16(14)11-15(17)18/h3-5,7-8,13-14H,2,6,9-11H2,1H3,(H,17,18). The van der Waals surface area contributed by atoms with Gasteiger partial charge in [-0.25, -0.2) is 0 Å². The predicted octanol–water partition coefficient (Wildman–Crippen LogP) is 2.73. The number of benzene rings is 1. The van der Waals surface area contributed by atoms with Crippen LogP contribution < -0.4 is 0 Å². The molecule has 1 fully saturated rings. The summed E-state index contributed by atoms with van der Waals surface area (Å²) in [6, 6.07) is 10.9. The smallest absolute Gasteiger partial charge is 0.317 e. The lowest BCUT2D eigenvalue weighted by molar-refractivity contribution is -0.138. The summed E-state index contributed by atoms with van der Waals surface area (Å²) in [6.07, 6.45) is 3.28. The van der Waals surface area contributed by atoms with Gasteiger partial charge < -0.3 is 5.11 Å². The highest BCUT2D eigenvalue weighted by atomic mass is 16.4. The number of nitrogens with zero attached hydrogens (tertiary/aromatic N) is 1. The molecule has 0 saturated carbocycles. The zero-order valence-corrected chi connectivity index (χ0v) is 10.9. The van der Waals surface area contributed by atoms with Gasteiger partial charge in [0.15, 0.2) is 0 Å². The first-order chi connectivity index (χ1) is 8.72.